The van der Waals surface area contributed by atoms with Gasteiger partial charge in [-0.15, -0.1) is 0 Å². The standard InChI is InChI=1S/C6H13NOS/c1-6-5-9(8)4-3-7(6)2/h6H,3-5H2,1-2H3. The van der Waals surface area contributed by atoms with Gasteiger partial charge in [-0.1, -0.05) is 0 Å². The highest BCUT2D eigenvalue weighted by atomic mass is 32.2. The van der Waals surface area contributed by atoms with Crippen LogP contribution < -0.4 is 0 Å². The molecule has 3 heteroatoms. The highest BCUT2D eigenvalue weighted by molar-refractivity contribution is 7.85. The second kappa shape index (κ2) is 2.80. The van der Waals surface area contributed by atoms with Crippen molar-refractivity contribution in [2.24, 2.45) is 0 Å². The van der Waals surface area contributed by atoms with Crippen LogP contribution in [0.5, 0.6) is 0 Å². The van der Waals surface area contributed by atoms with Crippen molar-refractivity contribution in [1.29, 1.82) is 0 Å². The number of hydrogen-bond acceptors (Lipinski definition) is 2. The molecule has 9 heavy (non-hydrogen) atoms. The Bertz CT molecular complexity index is 126. The van der Waals surface area contributed by atoms with E-state index in [9.17, 15) is 4.21 Å². The normalized spacial score (nSPS) is 38.9. The van der Waals surface area contributed by atoms with E-state index in [0.29, 0.717) is 6.04 Å². The SMILES string of the molecule is CC1CS(=O)CCN1C. The van der Waals surface area contributed by atoms with Crippen LogP contribution in [0, 0.1) is 0 Å². The molecule has 1 saturated heterocycles. The van der Waals surface area contributed by atoms with Crippen LogP contribution in [0.4, 0.5) is 0 Å². The van der Waals surface area contributed by atoms with Crippen LogP contribution in [0.2, 0.25) is 0 Å². The minimum absolute atomic E-state index is 0.514. The molecule has 0 amide bonds. The van der Waals surface area contributed by atoms with Gasteiger partial charge >= 0.3 is 0 Å². The summed E-state index contributed by atoms with van der Waals surface area (Å²) in [5.74, 6) is 1.72. The molecule has 2 atom stereocenters. The number of rotatable bonds is 0. The second-order valence-corrected chi connectivity index (χ2v) is 4.26. The minimum atomic E-state index is -0.533. The third-order valence-electron chi connectivity index (χ3n) is 1.85. The first-order valence-corrected chi connectivity index (χ1v) is 4.74. The average Bonchev–Trinajstić information content (AvgIpc) is 1.80. The Morgan fingerprint density at radius 1 is 1.67 bits per heavy atom. The molecule has 1 aliphatic rings. The van der Waals surface area contributed by atoms with Crippen LogP contribution in [0.25, 0.3) is 0 Å². The van der Waals surface area contributed by atoms with Crippen molar-refractivity contribution in [1.82, 2.24) is 4.90 Å². The summed E-state index contributed by atoms with van der Waals surface area (Å²) in [5, 5.41) is 0. The monoisotopic (exact) mass is 147 g/mol. The minimum Gasteiger partial charge on any atom is -0.302 e. The summed E-state index contributed by atoms with van der Waals surface area (Å²) < 4.78 is 10.9. The molecular formula is C6H13NOS. The van der Waals surface area contributed by atoms with Crippen LogP contribution in [0.1, 0.15) is 6.92 Å². The summed E-state index contributed by atoms with van der Waals surface area (Å²) in [6.07, 6.45) is 0. The maximum atomic E-state index is 10.9. The van der Waals surface area contributed by atoms with Gasteiger partial charge in [0.05, 0.1) is 0 Å². The Balaban J connectivity index is 2.44. The third kappa shape index (κ3) is 1.76. The molecule has 54 valence electrons. The fourth-order valence-electron chi connectivity index (χ4n) is 0.946. The molecule has 1 heterocycles. The first-order valence-electron chi connectivity index (χ1n) is 3.25. The van der Waals surface area contributed by atoms with E-state index in [0.717, 1.165) is 18.1 Å². The van der Waals surface area contributed by atoms with E-state index in [2.05, 4.69) is 18.9 Å². The van der Waals surface area contributed by atoms with Gasteiger partial charge in [-0.05, 0) is 14.0 Å². The van der Waals surface area contributed by atoms with Crippen molar-refractivity contribution in [3.63, 3.8) is 0 Å². The Morgan fingerprint density at radius 2 is 2.33 bits per heavy atom. The van der Waals surface area contributed by atoms with Crippen molar-refractivity contribution >= 4 is 10.8 Å². The van der Waals surface area contributed by atoms with E-state index >= 15 is 0 Å². The maximum Gasteiger partial charge on any atom is 0.0388 e. The zero-order valence-electron chi connectivity index (χ0n) is 5.96. The van der Waals surface area contributed by atoms with Gasteiger partial charge in [0.25, 0.3) is 0 Å². The fourth-order valence-corrected chi connectivity index (χ4v) is 2.40. The van der Waals surface area contributed by atoms with Gasteiger partial charge in [0.1, 0.15) is 0 Å². The molecule has 2 unspecified atom stereocenters. The maximum absolute atomic E-state index is 10.9. The van der Waals surface area contributed by atoms with Crippen LogP contribution in [0.3, 0.4) is 0 Å². The van der Waals surface area contributed by atoms with E-state index in [4.69, 9.17) is 0 Å². The Morgan fingerprint density at radius 3 is 2.78 bits per heavy atom. The van der Waals surface area contributed by atoms with Crippen molar-refractivity contribution in [2.45, 2.75) is 13.0 Å². The molecule has 0 aromatic rings. The zero-order valence-corrected chi connectivity index (χ0v) is 6.78. The van der Waals surface area contributed by atoms with Crippen molar-refractivity contribution in [2.75, 3.05) is 25.1 Å². The van der Waals surface area contributed by atoms with Gasteiger partial charge in [0.2, 0.25) is 0 Å². The predicted octanol–water partition coefficient (Wildman–Crippen LogP) is 0.0690. The Kier molecular flexibility index (Phi) is 2.24. The van der Waals surface area contributed by atoms with Gasteiger partial charge < -0.3 is 4.90 Å². The van der Waals surface area contributed by atoms with Crippen LogP contribution >= 0.6 is 0 Å². The molecular weight excluding hydrogens is 134 g/mol. The van der Waals surface area contributed by atoms with Crippen LogP contribution in [0.15, 0.2) is 0 Å². The van der Waals surface area contributed by atoms with Crippen molar-refractivity contribution in [3.8, 4) is 0 Å². The lowest BCUT2D eigenvalue weighted by atomic mass is 10.3. The molecule has 1 aliphatic heterocycles. The quantitative estimate of drug-likeness (QED) is 0.483. The molecule has 2 nitrogen and oxygen atoms in total. The van der Waals surface area contributed by atoms with Gasteiger partial charge in [0.15, 0.2) is 0 Å². The molecule has 0 N–H and O–H groups in total. The smallest absolute Gasteiger partial charge is 0.0388 e. The molecule has 1 rings (SSSR count). The largest absolute Gasteiger partial charge is 0.302 e. The van der Waals surface area contributed by atoms with E-state index in [-0.39, 0.29) is 0 Å². The molecule has 1 fully saturated rings. The molecule has 0 aliphatic carbocycles. The average molecular weight is 147 g/mol. The third-order valence-corrected chi connectivity index (χ3v) is 3.34. The molecule has 0 aromatic heterocycles. The first-order chi connectivity index (χ1) is 4.20. The number of nitrogens with zero attached hydrogens (tertiary/aromatic N) is 1. The van der Waals surface area contributed by atoms with E-state index in [1.54, 1.807) is 0 Å². The molecule has 0 aromatic carbocycles. The summed E-state index contributed by atoms with van der Waals surface area (Å²) in [5.41, 5.74) is 0. The van der Waals surface area contributed by atoms with Gasteiger partial charge in [-0.25, -0.2) is 0 Å². The van der Waals surface area contributed by atoms with Gasteiger partial charge in [-0.2, -0.15) is 0 Å². The predicted molar refractivity (Wildman–Crippen MR) is 40.0 cm³/mol. The Hall–Kier alpha value is 0.110. The summed E-state index contributed by atoms with van der Waals surface area (Å²) in [7, 11) is 1.55. The molecule has 0 bridgehead atoms. The Labute approximate surface area is 58.7 Å². The molecule has 0 radical (unpaired) electrons. The highest BCUT2D eigenvalue weighted by Gasteiger charge is 2.18. The summed E-state index contributed by atoms with van der Waals surface area (Å²) in [6, 6.07) is 0.514. The topological polar surface area (TPSA) is 20.3 Å². The van der Waals surface area contributed by atoms with E-state index < -0.39 is 10.8 Å². The zero-order chi connectivity index (χ0) is 6.85. The second-order valence-electron chi connectivity index (χ2n) is 2.64. The van der Waals surface area contributed by atoms with E-state index in [1.165, 1.54) is 0 Å². The summed E-state index contributed by atoms with van der Waals surface area (Å²) in [6.45, 7) is 3.12. The summed E-state index contributed by atoms with van der Waals surface area (Å²) >= 11 is 0. The van der Waals surface area contributed by atoms with Crippen molar-refractivity contribution < 1.29 is 4.21 Å². The molecule has 0 saturated carbocycles. The fraction of sp³-hybridized carbons (Fsp3) is 1.00. The lowest BCUT2D eigenvalue weighted by Crippen LogP contribution is -2.41. The lowest BCUT2D eigenvalue weighted by Gasteiger charge is -2.28. The number of hydrogen-bond donors (Lipinski definition) is 0. The van der Waals surface area contributed by atoms with E-state index in [1.807, 2.05) is 0 Å². The van der Waals surface area contributed by atoms with Crippen LogP contribution in [-0.2, 0) is 10.8 Å². The summed E-state index contributed by atoms with van der Waals surface area (Å²) in [4.78, 5) is 2.25. The lowest BCUT2D eigenvalue weighted by molar-refractivity contribution is 0.284. The first kappa shape index (κ1) is 7.22. The van der Waals surface area contributed by atoms with Gasteiger partial charge in [0, 0.05) is 34.9 Å². The highest BCUT2D eigenvalue weighted by Crippen LogP contribution is 2.04. The van der Waals surface area contributed by atoms with Crippen molar-refractivity contribution in [3.05, 3.63) is 0 Å². The van der Waals surface area contributed by atoms with Gasteiger partial charge in [-0.3, -0.25) is 4.21 Å². The molecule has 0 spiro atoms. The van der Waals surface area contributed by atoms with Crippen LogP contribution in [-0.4, -0.2) is 40.2 Å².